The van der Waals surface area contributed by atoms with Crippen LogP contribution in [-0.4, -0.2) is 53.4 Å². The molecule has 2 aliphatic rings. The molecule has 2 fully saturated rings. The summed E-state index contributed by atoms with van der Waals surface area (Å²) in [5.74, 6) is 0.964. The molecule has 2 saturated heterocycles. The van der Waals surface area contributed by atoms with Crippen molar-refractivity contribution in [3.05, 3.63) is 30.1 Å². The normalized spacial score (nSPS) is 21.4. The quantitative estimate of drug-likeness (QED) is 0.855. The molecule has 0 bridgehead atoms. The van der Waals surface area contributed by atoms with E-state index in [0.29, 0.717) is 18.4 Å². The highest BCUT2D eigenvalue weighted by Gasteiger charge is 2.24. The lowest BCUT2D eigenvalue weighted by molar-refractivity contribution is -0.133. The average Bonchev–Trinajstić information content (AvgIpc) is 2.57. The van der Waals surface area contributed by atoms with Gasteiger partial charge in [0.1, 0.15) is 0 Å². The van der Waals surface area contributed by atoms with Crippen molar-refractivity contribution in [2.24, 2.45) is 0 Å². The Bertz CT molecular complexity index is 448. The Morgan fingerprint density at radius 2 is 1.71 bits per heavy atom. The fraction of sp³-hybridized carbons (Fsp3) is 0.647. The Hall–Kier alpha value is -1.42. The second-order valence-electron chi connectivity index (χ2n) is 6.27. The first-order valence-electron chi connectivity index (χ1n) is 8.23. The Labute approximate surface area is 127 Å². The van der Waals surface area contributed by atoms with Crippen LogP contribution in [0.4, 0.5) is 0 Å². The standard InChI is InChI=1S/C17H25N3O/c21-17(20-10-2-1-3-11-20)14-19-12-6-16(7-13-19)15-4-8-18-9-5-15/h4-5,8-9,16H,1-3,6-7,10-14H2. The van der Waals surface area contributed by atoms with Crippen molar-refractivity contribution in [3.8, 4) is 0 Å². The second kappa shape index (κ2) is 7.03. The van der Waals surface area contributed by atoms with E-state index >= 15 is 0 Å². The molecule has 1 aromatic rings. The molecule has 4 heteroatoms. The summed E-state index contributed by atoms with van der Waals surface area (Å²) in [4.78, 5) is 20.8. The van der Waals surface area contributed by atoms with E-state index in [1.165, 1.54) is 24.8 Å². The summed E-state index contributed by atoms with van der Waals surface area (Å²) in [6.45, 7) is 4.61. The number of pyridine rings is 1. The van der Waals surface area contributed by atoms with Crippen LogP contribution in [0.3, 0.4) is 0 Å². The lowest BCUT2D eigenvalue weighted by atomic mass is 9.90. The van der Waals surface area contributed by atoms with Gasteiger partial charge in [-0.2, -0.15) is 0 Å². The molecule has 1 amide bonds. The van der Waals surface area contributed by atoms with E-state index in [-0.39, 0.29) is 0 Å². The first-order chi connectivity index (χ1) is 10.3. The summed E-state index contributed by atoms with van der Waals surface area (Å²) in [5.41, 5.74) is 1.40. The van der Waals surface area contributed by atoms with E-state index in [2.05, 4.69) is 26.9 Å². The van der Waals surface area contributed by atoms with Gasteiger partial charge in [-0.15, -0.1) is 0 Å². The smallest absolute Gasteiger partial charge is 0.236 e. The van der Waals surface area contributed by atoms with Crippen molar-refractivity contribution in [2.45, 2.75) is 38.0 Å². The molecule has 0 radical (unpaired) electrons. The lowest BCUT2D eigenvalue weighted by Crippen LogP contribution is -2.44. The fourth-order valence-corrected chi connectivity index (χ4v) is 3.49. The van der Waals surface area contributed by atoms with Crippen LogP contribution >= 0.6 is 0 Å². The number of hydrogen-bond donors (Lipinski definition) is 0. The first kappa shape index (κ1) is 14.5. The van der Waals surface area contributed by atoms with E-state index in [1.54, 1.807) is 0 Å². The van der Waals surface area contributed by atoms with Gasteiger partial charge in [0.25, 0.3) is 0 Å². The molecular weight excluding hydrogens is 262 g/mol. The molecular formula is C17H25N3O. The van der Waals surface area contributed by atoms with Gasteiger partial charge in [0.15, 0.2) is 0 Å². The van der Waals surface area contributed by atoms with Crippen molar-refractivity contribution in [1.29, 1.82) is 0 Å². The third kappa shape index (κ3) is 3.82. The van der Waals surface area contributed by atoms with Gasteiger partial charge >= 0.3 is 0 Å². The highest BCUT2D eigenvalue weighted by molar-refractivity contribution is 5.78. The van der Waals surface area contributed by atoms with Gasteiger partial charge in [-0.05, 0) is 68.8 Å². The molecule has 3 heterocycles. The van der Waals surface area contributed by atoms with Crippen LogP contribution in [0.5, 0.6) is 0 Å². The van der Waals surface area contributed by atoms with E-state index in [4.69, 9.17) is 0 Å². The van der Waals surface area contributed by atoms with Crippen molar-refractivity contribution in [2.75, 3.05) is 32.7 Å². The van der Waals surface area contributed by atoms with Crippen molar-refractivity contribution < 1.29 is 4.79 Å². The number of hydrogen-bond acceptors (Lipinski definition) is 3. The number of carbonyl (C=O) groups excluding carboxylic acids is 1. The third-order valence-electron chi connectivity index (χ3n) is 4.83. The number of aromatic nitrogens is 1. The predicted octanol–water partition coefficient (Wildman–Crippen LogP) is 2.27. The van der Waals surface area contributed by atoms with Crippen molar-refractivity contribution in [1.82, 2.24) is 14.8 Å². The average molecular weight is 287 g/mol. The Morgan fingerprint density at radius 3 is 2.38 bits per heavy atom. The summed E-state index contributed by atoms with van der Waals surface area (Å²) < 4.78 is 0. The molecule has 2 aliphatic heterocycles. The molecule has 0 atom stereocenters. The topological polar surface area (TPSA) is 36.4 Å². The first-order valence-corrected chi connectivity index (χ1v) is 8.23. The second-order valence-corrected chi connectivity index (χ2v) is 6.27. The van der Waals surface area contributed by atoms with Crippen LogP contribution < -0.4 is 0 Å². The third-order valence-corrected chi connectivity index (χ3v) is 4.83. The molecule has 0 saturated carbocycles. The molecule has 0 N–H and O–H groups in total. The number of likely N-dealkylation sites (tertiary alicyclic amines) is 2. The summed E-state index contributed by atoms with van der Waals surface area (Å²) in [6, 6.07) is 4.25. The molecule has 0 spiro atoms. The van der Waals surface area contributed by atoms with Crippen LogP contribution in [0.15, 0.2) is 24.5 Å². The molecule has 0 aliphatic carbocycles. The number of carbonyl (C=O) groups is 1. The number of nitrogens with zero attached hydrogens (tertiary/aromatic N) is 3. The molecule has 0 unspecified atom stereocenters. The Morgan fingerprint density at radius 1 is 1.05 bits per heavy atom. The molecule has 21 heavy (non-hydrogen) atoms. The van der Waals surface area contributed by atoms with Crippen LogP contribution in [0.1, 0.15) is 43.6 Å². The molecule has 1 aromatic heterocycles. The summed E-state index contributed by atoms with van der Waals surface area (Å²) >= 11 is 0. The number of rotatable bonds is 3. The maximum atomic E-state index is 12.3. The zero-order valence-corrected chi connectivity index (χ0v) is 12.7. The largest absolute Gasteiger partial charge is 0.342 e. The zero-order valence-electron chi connectivity index (χ0n) is 12.7. The fourth-order valence-electron chi connectivity index (χ4n) is 3.49. The van der Waals surface area contributed by atoms with E-state index in [0.717, 1.165) is 39.0 Å². The zero-order chi connectivity index (χ0) is 14.5. The van der Waals surface area contributed by atoms with Crippen LogP contribution in [0.25, 0.3) is 0 Å². The minimum Gasteiger partial charge on any atom is -0.342 e. The number of amides is 1. The van der Waals surface area contributed by atoms with Gasteiger partial charge < -0.3 is 4.90 Å². The molecule has 0 aromatic carbocycles. The van der Waals surface area contributed by atoms with Gasteiger partial charge in [0.2, 0.25) is 5.91 Å². The Kier molecular flexibility index (Phi) is 4.86. The molecule has 4 nitrogen and oxygen atoms in total. The highest BCUT2D eigenvalue weighted by Crippen LogP contribution is 2.27. The minimum absolute atomic E-state index is 0.331. The van der Waals surface area contributed by atoms with Crippen molar-refractivity contribution in [3.63, 3.8) is 0 Å². The minimum atomic E-state index is 0.331. The van der Waals surface area contributed by atoms with Gasteiger partial charge in [-0.1, -0.05) is 0 Å². The molecule has 3 rings (SSSR count). The summed E-state index contributed by atoms with van der Waals surface area (Å²) in [6.07, 6.45) is 9.69. The Balaban J connectivity index is 1.46. The molecule has 114 valence electrons. The van der Waals surface area contributed by atoms with Gasteiger partial charge in [0, 0.05) is 25.5 Å². The van der Waals surface area contributed by atoms with E-state index in [1.807, 2.05) is 12.4 Å². The van der Waals surface area contributed by atoms with Crippen molar-refractivity contribution >= 4 is 5.91 Å². The summed E-state index contributed by atoms with van der Waals surface area (Å²) in [5, 5.41) is 0. The monoisotopic (exact) mass is 287 g/mol. The van der Waals surface area contributed by atoms with Gasteiger partial charge in [-0.3, -0.25) is 14.7 Å². The van der Waals surface area contributed by atoms with Crippen LogP contribution in [0, 0.1) is 0 Å². The predicted molar refractivity (Wildman–Crippen MR) is 83.1 cm³/mol. The SMILES string of the molecule is O=C(CN1CCC(c2ccncc2)CC1)N1CCCCC1. The van der Waals surface area contributed by atoms with E-state index < -0.39 is 0 Å². The summed E-state index contributed by atoms with van der Waals surface area (Å²) in [7, 11) is 0. The van der Waals surface area contributed by atoms with E-state index in [9.17, 15) is 4.79 Å². The lowest BCUT2D eigenvalue weighted by Gasteiger charge is -2.34. The maximum absolute atomic E-state index is 12.3. The van der Waals surface area contributed by atoms with Crippen LogP contribution in [0.2, 0.25) is 0 Å². The maximum Gasteiger partial charge on any atom is 0.236 e. The van der Waals surface area contributed by atoms with Gasteiger partial charge in [-0.25, -0.2) is 0 Å². The highest BCUT2D eigenvalue weighted by atomic mass is 16.2. The van der Waals surface area contributed by atoms with Crippen LogP contribution in [-0.2, 0) is 4.79 Å². The number of piperidine rings is 2. The van der Waals surface area contributed by atoms with Gasteiger partial charge in [0.05, 0.1) is 6.54 Å².